The lowest BCUT2D eigenvalue weighted by atomic mass is 10.1. The van der Waals surface area contributed by atoms with E-state index in [-0.39, 0.29) is 6.04 Å². The van der Waals surface area contributed by atoms with E-state index < -0.39 is 0 Å². The van der Waals surface area contributed by atoms with Crippen molar-refractivity contribution in [3.8, 4) is 0 Å². The summed E-state index contributed by atoms with van der Waals surface area (Å²) in [5.74, 6) is 0. The van der Waals surface area contributed by atoms with Crippen molar-refractivity contribution < 1.29 is 0 Å². The summed E-state index contributed by atoms with van der Waals surface area (Å²) in [5, 5.41) is 4.10. The first-order valence-electron chi connectivity index (χ1n) is 5.18. The molecule has 1 aromatic carbocycles. The predicted molar refractivity (Wildman–Crippen MR) is 73.8 cm³/mol. The van der Waals surface area contributed by atoms with Crippen molar-refractivity contribution in [3.63, 3.8) is 0 Å². The molecule has 1 unspecified atom stereocenters. The summed E-state index contributed by atoms with van der Waals surface area (Å²) in [5.41, 5.74) is 6.89. The van der Waals surface area contributed by atoms with Gasteiger partial charge in [-0.3, -0.25) is 0 Å². The fraction of sp³-hybridized carbons (Fsp3) is 0.333. The van der Waals surface area contributed by atoms with Crippen molar-refractivity contribution >= 4 is 27.5 Å². The topological polar surface area (TPSA) is 38.0 Å². The molecule has 0 aliphatic heterocycles. The van der Waals surface area contributed by atoms with Crippen LogP contribution in [0.4, 0.5) is 0 Å². The molecule has 1 aromatic rings. The van der Waals surface area contributed by atoms with Gasteiger partial charge in [-0.1, -0.05) is 39.7 Å². The molecule has 0 saturated heterocycles. The monoisotopic (exact) mass is 302 g/mol. The molecule has 2 nitrogen and oxygen atoms in total. The highest BCUT2D eigenvalue weighted by Gasteiger charge is 2.11. The second-order valence-electron chi connectivity index (χ2n) is 3.49. The SMILES string of the molecule is C=CCCNC(CN)c1ccc(Cl)cc1Br. The Labute approximate surface area is 110 Å². The Balaban J connectivity index is 2.74. The fourth-order valence-corrected chi connectivity index (χ4v) is 2.42. The van der Waals surface area contributed by atoms with Crippen LogP contribution in [0.3, 0.4) is 0 Å². The van der Waals surface area contributed by atoms with Crippen molar-refractivity contribution in [3.05, 3.63) is 45.9 Å². The number of rotatable bonds is 6. The third kappa shape index (κ3) is 3.91. The zero-order chi connectivity index (χ0) is 12.0. The lowest BCUT2D eigenvalue weighted by Crippen LogP contribution is -2.29. The summed E-state index contributed by atoms with van der Waals surface area (Å²) < 4.78 is 0.988. The van der Waals surface area contributed by atoms with Gasteiger partial charge in [-0.05, 0) is 30.7 Å². The summed E-state index contributed by atoms with van der Waals surface area (Å²) in [7, 11) is 0. The van der Waals surface area contributed by atoms with Gasteiger partial charge < -0.3 is 11.1 Å². The molecule has 0 amide bonds. The number of halogens is 2. The van der Waals surface area contributed by atoms with Crippen LogP contribution >= 0.6 is 27.5 Å². The van der Waals surface area contributed by atoms with Gasteiger partial charge in [0, 0.05) is 22.1 Å². The molecule has 0 heterocycles. The molecule has 4 heteroatoms. The van der Waals surface area contributed by atoms with Crippen LogP contribution in [0.2, 0.25) is 5.02 Å². The third-order valence-corrected chi connectivity index (χ3v) is 3.23. The molecular weight excluding hydrogens is 288 g/mol. The molecule has 1 atom stereocenters. The van der Waals surface area contributed by atoms with E-state index in [0.29, 0.717) is 6.54 Å². The summed E-state index contributed by atoms with van der Waals surface area (Å²) in [6.45, 7) is 5.12. The molecule has 0 fully saturated rings. The Kier molecular flexibility index (Phi) is 6.06. The van der Waals surface area contributed by atoms with Crippen molar-refractivity contribution in [2.24, 2.45) is 5.73 Å². The molecule has 0 bridgehead atoms. The molecule has 3 N–H and O–H groups in total. The summed E-state index contributed by atoms with van der Waals surface area (Å²) >= 11 is 9.39. The van der Waals surface area contributed by atoms with Gasteiger partial charge in [0.1, 0.15) is 0 Å². The van der Waals surface area contributed by atoms with E-state index in [1.54, 1.807) is 0 Å². The molecule has 0 radical (unpaired) electrons. The van der Waals surface area contributed by atoms with E-state index in [2.05, 4.69) is 27.8 Å². The Morgan fingerprint density at radius 2 is 2.31 bits per heavy atom. The van der Waals surface area contributed by atoms with E-state index in [4.69, 9.17) is 17.3 Å². The summed E-state index contributed by atoms with van der Waals surface area (Å²) in [4.78, 5) is 0. The van der Waals surface area contributed by atoms with Gasteiger partial charge in [-0.25, -0.2) is 0 Å². The molecule has 0 saturated carbocycles. The molecule has 1 rings (SSSR count). The average molecular weight is 304 g/mol. The third-order valence-electron chi connectivity index (χ3n) is 2.31. The molecule has 0 aliphatic rings. The molecule has 16 heavy (non-hydrogen) atoms. The first-order chi connectivity index (χ1) is 7.69. The van der Waals surface area contributed by atoms with Crippen LogP contribution in [-0.4, -0.2) is 13.1 Å². The number of nitrogens with one attached hydrogen (secondary N) is 1. The van der Waals surface area contributed by atoms with Crippen LogP contribution < -0.4 is 11.1 Å². The van der Waals surface area contributed by atoms with E-state index in [1.165, 1.54) is 0 Å². The highest BCUT2D eigenvalue weighted by atomic mass is 79.9. The summed E-state index contributed by atoms with van der Waals surface area (Å²) in [6.07, 6.45) is 2.82. The maximum atomic E-state index is 5.90. The quantitative estimate of drug-likeness (QED) is 0.625. The Morgan fingerprint density at radius 3 is 2.88 bits per heavy atom. The van der Waals surface area contributed by atoms with Crippen molar-refractivity contribution in [1.29, 1.82) is 0 Å². The normalized spacial score (nSPS) is 12.4. The Morgan fingerprint density at radius 1 is 1.56 bits per heavy atom. The van der Waals surface area contributed by atoms with Crippen molar-refractivity contribution in [1.82, 2.24) is 5.32 Å². The van der Waals surface area contributed by atoms with Crippen LogP contribution in [0, 0.1) is 0 Å². The van der Waals surface area contributed by atoms with Crippen LogP contribution in [0.5, 0.6) is 0 Å². The standard InChI is InChI=1S/C12H16BrClN2/c1-2-3-6-16-12(8-15)10-5-4-9(14)7-11(10)13/h2,4-5,7,12,16H,1,3,6,8,15H2. The molecule has 0 spiro atoms. The van der Waals surface area contributed by atoms with Gasteiger partial charge in [0.15, 0.2) is 0 Å². The fourth-order valence-electron chi connectivity index (χ4n) is 1.46. The second kappa shape index (κ2) is 7.07. The Hall–Kier alpha value is -0.350. The molecule has 0 aliphatic carbocycles. The highest BCUT2D eigenvalue weighted by Crippen LogP contribution is 2.26. The maximum Gasteiger partial charge on any atom is 0.0455 e. The number of nitrogens with two attached hydrogens (primary N) is 1. The smallest absolute Gasteiger partial charge is 0.0455 e. The van der Waals surface area contributed by atoms with Crippen LogP contribution in [0.1, 0.15) is 18.0 Å². The number of benzene rings is 1. The van der Waals surface area contributed by atoms with Crippen molar-refractivity contribution in [2.45, 2.75) is 12.5 Å². The minimum atomic E-state index is 0.145. The second-order valence-corrected chi connectivity index (χ2v) is 4.78. The van der Waals surface area contributed by atoms with Gasteiger partial charge >= 0.3 is 0 Å². The van der Waals surface area contributed by atoms with Crippen molar-refractivity contribution in [2.75, 3.05) is 13.1 Å². The first-order valence-corrected chi connectivity index (χ1v) is 6.35. The maximum absolute atomic E-state index is 5.90. The van der Waals surface area contributed by atoms with E-state index in [0.717, 1.165) is 28.0 Å². The van der Waals surface area contributed by atoms with Gasteiger partial charge in [0.05, 0.1) is 0 Å². The van der Waals surface area contributed by atoms with Gasteiger partial charge in [-0.15, -0.1) is 6.58 Å². The number of hydrogen-bond donors (Lipinski definition) is 2. The molecular formula is C12H16BrClN2. The Bertz CT molecular complexity index is 355. The van der Waals surface area contributed by atoms with E-state index >= 15 is 0 Å². The predicted octanol–water partition coefficient (Wildman–Crippen LogP) is 3.27. The minimum absolute atomic E-state index is 0.145. The van der Waals surface area contributed by atoms with E-state index in [9.17, 15) is 0 Å². The van der Waals surface area contributed by atoms with Gasteiger partial charge in [0.2, 0.25) is 0 Å². The number of hydrogen-bond acceptors (Lipinski definition) is 2. The van der Waals surface area contributed by atoms with Gasteiger partial charge in [-0.2, -0.15) is 0 Å². The average Bonchev–Trinajstić information content (AvgIpc) is 2.26. The first kappa shape index (κ1) is 13.7. The summed E-state index contributed by atoms with van der Waals surface area (Å²) in [6, 6.07) is 5.89. The lowest BCUT2D eigenvalue weighted by Gasteiger charge is -2.18. The van der Waals surface area contributed by atoms with Crippen LogP contribution in [0.15, 0.2) is 35.3 Å². The largest absolute Gasteiger partial charge is 0.329 e. The minimum Gasteiger partial charge on any atom is -0.329 e. The lowest BCUT2D eigenvalue weighted by molar-refractivity contribution is 0.547. The molecule has 0 aromatic heterocycles. The zero-order valence-electron chi connectivity index (χ0n) is 9.05. The zero-order valence-corrected chi connectivity index (χ0v) is 11.4. The van der Waals surface area contributed by atoms with Crippen LogP contribution in [-0.2, 0) is 0 Å². The van der Waals surface area contributed by atoms with Gasteiger partial charge in [0.25, 0.3) is 0 Å². The highest BCUT2D eigenvalue weighted by molar-refractivity contribution is 9.10. The van der Waals surface area contributed by atoms with Crippen LogP contribution in [0.25, 0.3) is 0 Å². The van der Waals surface area contributed by atoms with E-state index in [1.807, 2.05) is 24.3 Å². The molecule has 88 valence electrons.